The maximum absolute atomic E-state index is 10.1. The molecular weight excluding hydrogens is 292 g/mol. The molecule has 0 amide bonds. The summed E-state index contributed by atoms with van der Waals surface area (Å²) in [7, 11) is 1.65. The first-order chi connectivity index (χ1) is 11.2. The summed E-state index contributed by atoms with van der Waals surface area (Å²) >= 11 is 0. The number of nitrogens with zero attached hydrogens (tertiary/aromatic N) is 1. The summed E-state index contributed by atoms with van der Waals surface area (Å²) in [5, 5.41) is 13.6. The van der Waals surface area contributed by atoms with Gasteiger partial charge in [-0.25, -0.2) is 0 Å². The van der Waals surface area contributed by atoms with E-state index in [1.807, 2.05) is 18.2 Å². The summed E-state index contributed by atoms with van der Waals surface area (Å²) in [5.41, 5.74) is 1.18. The van der Waals surface area contributed by atoms with Crippen molar-refractivity contribution in [2.24, 2.45) is 0 Å². The molecule has 5 heteroatoms. The Hall–Kier alpha value is -1.30. The highest BCUT2D eigenvalue weighted by atomic mass is 16.5. The number of ether oxygens (including phenoxy) is 2. The average Bonchev–Trinajstić information content (AvgIpc) is 3.40. The van der Waals surface area contributed by atoms with E-state index in [1.165, 1.54) is 18.4 Å². The molecule has 2 N–H and O–H groups in total. The zero-order valence-electron chi connectivity index (χ0n) is 14.5. The van der Waals surface area contributed by atoms with Gasteiger partial charge in [-0.15, -0.1) is 0 Å². The molecule has 1 unspecified atom stereocenters. The van der Waals surface area contributed by atoms with E-state index in [2.05, 4.69) is 24.1 Å². The van der Waals surface area contributed by atoms with E-state index in [1.54, 1.807) is 7.11 Å². The topological polar surface area (TPSA) is 54.0 Å². The van der Waals surface area contributed by atoms with E-state index in [0.29, 0.717) is 18.3 Å². The molecule has 1 aromatic carbocycles. The zero-order valence-corrected chi connectivity index (χ0v) is 14.5. The fourth-order valence-electron chi connectivity index (χ4n) is 2.51. The van der Waals surface area contributed by atoms with E-state index >= 15 is 0 Å². The van der Waals surface area contributed by atoms with Crippen molar-refractivity contribution in [3.05, 3.63) is 23.8 Å². The van der Waals surface area contributed by atoms with Gasteiger partial charge in [0.25, 0.3) is 0 Å². The minimum Gasteiger partial charge on any atom is -0.493 e. The summed E-state index contributed by atoms with van der Waals surface area (Å²) in [6.07, 6.45) is 2.06. The van der Waals surface area contributed by atoms with Crippen LogP contribution in [0.15, 0.2) is 18.2 Å². The van der Waals surface area contributed by atoms with Crippen molar-refractivity contribution < 1.29 is 14.6 Å². The molecule has 1 aliphatic rings. The first-order valence-electron chi connectivity index (χ1n) is 8.59. The van der Waals surface area contributed by atoms with Gasteiger partial charge in [-0.2, -0.15) is 0 Å². The Kier molecular flexibility index (Phi) is 7.15. The lowest BCUT2D eigenvalue weighted by Crippen LogP contribution is -2.35. The molecule has 2 rings (SSSR count). The summed E-state index contributed by atoms with van der Waals surface area (Å²) < 4.78 is 11.2. The number of hydrogen-bond donors (Lipinski definition) is 2. The maximum Gasteiger partial charge on any atom is 0.161 e. The Morgan fingerprint density at radius 3 is 2.61 bits per heavy atom. The minimum absolute atomic E-state index is 0.270. The maximum atomic E-state index is 10.1. The number of likely N-dealkylation sites (N-methyl/N-ethyl adjacent to an activating group) is 1. The molecule has 1 aromatic rings. The number of nitrogens with one attached hydrogen (secondary N) is 1. The molecule has 0 aliphatic heterocycles. The number of rotatable bonds is 11. The van der Waals surface area contributed by atoms with Crippen LogP contribution in [-0.2, 0) is 6.54 Å². The number of hydrogen-bond acceptors (Lipinski definition) is 5. The highest BCUT2D eigenvalue weighted by Crippen LogP contribution is 2.28. The fourth-order valence-corrected chi connectivity index (χ4v) is 2.51. The summed E-state index contributed by atoms with van der Waals surface area (Å²) in [5.74, 6) is 1.40. The van der Waals surface area contributed by atoms with Gasteiger partial charge >= 0.3 is 0 Å². The molecule has 5 nitrogen and oxygen atoms in total. The predicted molar refractivity (Wildman–Crippen MR) is 92.1 cm³/mol. The lowest BCUT2D eigenvalue weighted by Gasteiger charge is -2.22. The van der Waals surface area contributed by atoms with Crippen LogP contribution in [0.2, 0.25) is 0 Å². The number of benzene rings is 1. The van der Waals surface area contributed by atoms with Gasteiger partial charge in [-0.05, 0) is 43.6 Å². The molecule has 0 bridgehead atoms. The Morgan fingerprint density at radius 1 is 1.26 bits per heavy atom. The summed E-state index contributed by atoms with van der Waals surface area (Å²) in [4.78, 5) is 2.18. The second-order valence-electron chi connectivity index (χ2n) is 6.09. The highest BCUT2D eigenvalue weighted by molar-refractivity contribution is 5.43. The zero-order chi connectivity index (χ0) is 16.7. The molecule has 0 spiro atoms. The highest BCUT2D eigenvalue weighted by Gasteiger charge is 2.20. The minimum atomic E-state index is -0.504. The Labute approximate surface area is 139 Å². The number of methoxy groups -OCH3 is 1. The van der Waals surface area contributed by atoms with E-state index in [9.17, 15) is 5.11 Å². The van der Waals surface area contributed by atoms with Crippen LogP contribution < -0.4 is 14.8 Å². The normalized spacial score (nSPS) is 15.7. The van der Waals surface area contributed by atoms with Crippen LogP contribution in [0, 0.1) is 0 Å². The summed E-state index contributed by atoms with van der Waals surface area (Å²) in [6.45, 7) is 7.79. The van der Waals surface area contributed by atoms with Gasteiger partial charge in [0.1, 0.15) is 12.7 Å². The van der Waals surface area contributed by atoms with Gasteiger partial charge in [-0.3, -0.25) is 0 Å². The molecule has 130 valence electrons. The first-order valence-corrected chi connectivity index (χ1v) is 8.59. The average molecular weight is 322 g/mol. The molecule has 0 aromatic heterocycles. The van der Waals surface area contributed by atoms with E-state index in [-0.39, 0.29) is 6.61 Å². The lowest BCUT2D eigenvalue weighted by molar-refractivity contribution is 0.0705. The molecule has 0 radical (unpaired) electrons. The van der Waals surface area contributed by atoms with Crippen molar-refractivity contribution in [3.8, 4) is 11.5 Å². The number of aliphatic hydroxyl groups excluding tert-OH is 1. The van der Waals surface area contributed by atoms with Crippen LogP contribution in [0.25, 0.3) is 0 Å². The van der Waals surface area contributed by atoms with Gasteiger partial charge in [0, 0.05) is 19.1 Å². The molecule has 0 saturated heterocycles. The third kappa shape index (κ3) is 6.01. The number of aliphatic hydroxyl groups is 1. The standard InChI is InChI=1S/C18H30N2O3/c1-4-20(5-2)12-16(21)13-23-17-9-6-14(10-18(17)22-3)11-19-15-7-8-15/h6,9-10,15-16,19,21H,4-5,7-8,11-13H2,1-3H3. The summed E-state index contributed by atoms with van der Waals surface area (Å²) in [6, 6.07) is 6.66. The Balaban J connectivity index is 1.85. The smallest absolute Gasteiger partial charge is 0.161 e. The van der Waals surface area contributed by atoms with E-state index in [4.69, 9.17) is 9.47 Å². The van der Waals surface area contributed by atoms with E-state index < -0.39 is 6.10 Å². The molecule has 1 aliphatic carbocycles. The molecule has 0 heterocycles. The molecular formula is C18H30N2O3. The second kappa shape index (κ2) is 9.11. The van der Waals surface area contributed by atoms with Crippen LogP contribution in [0.3, 0.4) is 0 Å². The van der Waals surface area contributed by atoms with Crippen molar-refractivity contribution in [1.82, 2.24) is 10.2 Å². The van der Waals surface area contributed by atoms with Crippen LogP contribution in [-0.4, -0.2) is 55.5 Å². The third-order valence-electron chi connectivity index (χ3n) is 4.19. The largest absolute Gasteiger partial charge is 0.493 e. The van der Waals surface area contributed by atoms with Crippen molar-refractivity contribution in [2.45, 2.75) is 45.4 Å². The molecule has 23 heavy (non-hydrogen) atoms. The first kappa shape index (κ1) is 18.0. The van der Waals surface area contributed by atoms with Crippen LogP contribution in [0.5, 0.6) is 11.5 Å². The fraction of sp³-hybridized carbons (Fsp3) is 0.667. The molecule has 1 fully saturated rings. The quantitative estimate of drug-likeness (QED) is 0.653. The lowest BCUT2D eigenvalue weighted by atomic mass is 10.2. The van der Waals surface area contributed by atoms with Crippen molar-refractivity contribution in [1.29, 1.82) is 0 Å². The monoisotopic (exact) mass is 322 g/mol. The van der Waals surface area contributed by atoms with Gasteiger partial charge in [-0.1, -0.05) is 19.9 Å². The van der Waals surface area contributed by atoms with E-state index in [0.717, 1.165) is 25.4 Å². The third-order valence-corrected chi connectivity index (χ3v) is 4.19. The Bertz CT molecular complexity index is 473. The van der Waals surface area contributed by atoms with Gasteiger partial charge in [0.05, 0.1) is 7.11 Å². The van der Waals surface area contributed by atoms with Crippen molar-refractivity contribution in [2.75, 3.05) is 33.4 Å². The van der Waals surface area contributed by atoms with Crippen LogP contribution in [0.4, 0.5) is 0 Å². The van der Waals surface area contributed by atoms with Gasteiger partial charge < -0.3 is 24.8 Å². The van der Waals surface area contributed by atoms with Crippen molar-refractivity contribution >= 4 is 0 Å². The van der Waals surface area contributed by atoms with Crippen molar-refractivity contribution in [3.63, 3.8) is 0 Å². The van der Waals surface area contributed by atoms with Gasteiger partial charge in [0.2, 0.25) is 0 Å². The predicted octanol–water partition coefficient (Wildman–Crippen LogP) is 2.03. The van der Waals surface area contributed by atoms with Crippen LogP contribution in [0.1, 0.15) is 32.3 Å². The van der Waals surface area contributed by atoms with Gasteiger partial charge in [0.15, 0.2) is 11.5 Å². The molecule has 1 atom stereocenters. The second-order valence-corrected chi connectivity index (χ2v) is 6.09. The Morgan fingerprint density at radius 2 is 2.00 bits per heavy atom. The molecule has 1 saturated carbocycles. The van der Waals surface area contributed by atoms with Crippen LogP contribution >= 0.6 is 0 Å². The SMILES string of the molecule is CCN(CC)CC(O)COc1ccc(CNC2CC2)cc1OC.